The van der Waals surface area contributed by atoms with Crippen LogP contribution in [0.1, 0.15) is 5.69 Å². The molecule has 4 aromatic rings. The zero-order valence-corrected chi connectivity index (χ0v) is 15.9. The van der Waals surface area contributed by atoms with Crippen molar-refractivity contribution in [2.24, 2.45) is 0 Å². The van der Waals surface area contributed by atoms with E-state index in [9.17, 15) is 4.79 Å². The van der Waals surface area contributed by atoms with Crippen LogP contribution >= 0.6 is 34.3 Å². The minimum Gasteiger partial charge on any atom is -0.337 e. The molecular formula is C17H14ClN5OS2. The first-order chi connectivity index (χ1) is 12.7. The van der Waals surface area contributed by atoms with Gasteiger partial charge in [-0.1, -0.05) is 17.7 Å². The second-order valence-electron chi connectivity index (χ2n) is 5.47. The number of hydrogen-bond acceptors (Lipinski definition) is 5. The Morgan fingerprint density at radius 3 is 2.81 bits per heavy atom. The van der Waals surface area contributed by atoms with Gasteiger partial charge in [-0.05, 0) is 35.7 Å². The largest absolute Gasteiger partial charge is 0.337 e. The summed E-state index contributed by atoms with van der Waals surface area (Å²) in [5.74, 6) is 0.738. The molecule has 0 aliphatic heterocycles. The van der Waals surface area contributed by atoms with E-state index in [1.54, 1.807) is 46.9 Å². The van der Waals surface area contributed by atoms with Crippen LogP contribution in [0, 0.1) is 0 Å². The highest BCUT2D eigenvalue weighted by molar-refractivity contribution is 7.15. The quantitative estimate of drug-likeness (QED) is 0.514. The van der Waals surface area contributed by atoms with Crippen molar-refractivity contribution < 1.29 is 4.79 Å². The Labute approximate surface area is 162 Å². The molecular weight excluding hydrogens is 390 g/mol. The molecule has 0 unspecified atom stereocenters. The van der Waals surface area contributed by atoms with Crippen molar-refractivity contribution in [2.75, 3.05) is 11.9 Å². The van der Waals surface area contributed by atoms with Crippen LogP contribution in [0.3, 0.4) is 0 Å². The van der Waals surface area contributed by atoms with Crippen LogP contribution in [0.5, 0.6) is 0 Å². The molecule has 132 valence electrons. The van der Waals surface area contributed by atoms with E-state index in [1.165, 1.54) is 0 Å². The van der Waals surface area contributed by atoms with Crippen LogP contribution in [0.15, 0.2) is 47.2 Å². The van der Waals surface area contributed by atoms with Gasteiger partial charge in [-0.2, -0.15) is 4.98 Å². The Balaban J connectivity index is 1.35. The molecule has 0 bridgehead atoms. The summed E-state index contributed by atoms with van der Waals surface area (Å²) in [6.07, 6.45) is 0.668. The molecule has 0 fully saturated rings. The van der Waals surface area contributed by atoms with Crippen molar-refractivity contribution in [2.45, 2.75) is 6.42 Å². The number of hydrogen-bond donors (Lipinski definition) is 2. The van der Waals surface area contributed by atoms with Crippen molar-refractivity contribution in [1.82, 2.24) is 19.9 Å². The molecule has 0 saturated heterocycles. The molecule has 4 rings (SSSR count). The van der Waals surface area contributed by atoms with E-state index in [2.05, 4.69) is 20.7 Å². The molecule has 9 heteroatoms. The predicted molar refractivity (Wildman–Crippen MR) is 106 cm³/mol. The standard InChI is InChI=1S/C17H14ClN5OS2/c18-11-3-5-12(6-4-11)20-16(24)19-8-7-13-10-26-17-21-15(22-23(13)17)14-2-1-9-25-14/h1-6,9-10H,7-8H2,(H2,19,20,24). The third-order valence-electron chi connectivity index (χ3n) is 3.66. The molecule has 3 aromatic heterocycles. The Kier molecular flexibility index (Phi) is 4.87. The number of carbonyl (C=O) groups excluding carboxylic acids is 1. The first-order valence-electron chi connectivity index (χ1n) is 7.86. The molecule has 0 aliphatic rings. The van der Waals surface area contributed by atoms with Gasteiger partial charge in [0.25, 0.3) is 0 Å². The highest BCUT2D eigenvalue weighted by atomic mass is 35.5. The number of urea groups is 1. The number of thiazole rings is 1. The fraction of sp³-hybridized carbons (Fsp3) is 0.118. The third kappa shape index (κ3) is 3.72. The smallest absolute Gasteiger partial charge is 0.319 e. The molecule has 2 amide bonds. The number of benzene rings is 1. The molecule has 26 heavy (non-hydrogen) atoms. The molecule has 0 aliphatic carbocycles. The molecule has 0 radical (unpaired) electrons. The number of halogens is 1. The van der Waals surface area contributed by atoms with E-state index in [-0.39, 0.29) is 6.03 Å². The Bertz CT molecular complexity index is 1020. The third-order valence-corrected chi connectivity index (χ3v) is 5.64. The van der Waals surface area contributed by atoms with E-state index in [0.717, 1.165) is 21.4 Å². The molecule has 6 nitrogen and oxygen atoms in total. The first-order valence-corrected chi connectivity index (χ1v) is 10.0. The topological polar surface area (TPSA) is 71.3 Å². The van der Waals surface area contributed by atoms with Crippen LogP contribution in [0.2, 0.25) is 5.02 Å². The van der Waals surface area contributed by atoms with Gasteiger partial charge in [0.15, 0.2) is 5.82 Å². The van der Waals surface area contributed by atoms with E-state index < -0.39 is 0 Å². The number of fused-ring (bicyclic) bond motifs is 1. The molecule has 2 N–H and O–H groups in total. The summed E-state index contributed by atoms with van der Waals surface area (Å²) in [7, 11) is 0. The Morgan fingerprint density at radius 2 is 2.04 bits per heavy atom. The first kappa shape index (κ1) is 17.0. The van der Waals surface area contributed by atoms with Gasteiger partial charge in [-0.3, -0.25) is 0 Å². The minimum absolute atomic E-state index is 0.253. The average molecular weight is 404 g/mol. The van der Waals surface area contributed by atoms with Gasteiger partial charge in [0.1, 0.15) is 0 Å². The summed E-state index contributed by atoms with van der Waals surface area (Å²) in [4.78, 5) is 18.4. The maximum atomic E-state index is 12.0. The summed E-state index contributed by atoms with van der Waals surface area (Å²) in [5.41, 5.74) is 1.72. The van der Waals surface area contributed by atoms with E-state index in [1.807, 2.05) is 27.4 Å². The number of amides is 2. The van der Waals surface area contributed by atoms with Crippen molar-refractivity contribution in [3.8, 4) is 10.7 Å². The fourth-order valence-corrected chi connectivity index (χ4v) is 4.05. The summed E-state index contributed by atoms with van der Waals surface area (Å²) >= 11 is 9.00. The second kappa shape index (κ2) is 7.45. The van der Waals surface area contributed by atoms with E-state index in [4.69, 9.17) is 11.6 Å². The van der Waals surface area contributed by atoms with Gasteiger partial charge < -0.3 is 10.6 Å². The SMILES string of the molecule is O=C(NCCc1csc2nc(-c3cccs3)nn12)Nc1ccc(Cl)cc1. The van der Waals surface area contributed by atoms with Gasteiger partial charge in [0.2, 0.25) is 4.96 Å². The fourth-order valence-electron chi connectivity index (χ4n) is 2.42. The maximum absolute atomic E-state index is 12.0. The van der Waals surface area contributed by atoms with Crippen molar-refractivity contribution in [3.05, 3.63) is 57.9 Å². The summed E-state index contributed by atoms with van der Waals surface area (Å²) in [5, 5.41) is 14.8. The van der Waals surface area contributed by atoms with Gasteiger partial charge in [-0.25, -0.2) is 9.31 Å². The zero-order chi connectivity index (χ0) is 17.9. The molecule has 1 aromatic carbocycles. The van der Waals surface area contributed by atoms with E-state index >= 15 is 0 Å². The van der Waals surface area contributed by atoms with Gasteiger partial charge >= 0.3 is 6.03 Å². The second-order valence-corrected chi connectivity index (χ2v) is 7.69. The van der Waals surface area contributed by atoms with Gasteiger partial charge in [-0.15, -0.1) is 27.8 Å². The Morgan fingerprint density at radius 1 is 1.19 bits per heavy atom. The number of thiophene rings is 1. The Hall–Kier alpha value is -2.42. The van der Waals surface area contributed by atoms with Gasteiger partial charge in [0.05, 0.1) is 10.6 Å². The van der Waals surface area contributed by atoms with Crippen LogP contribution < -0.4 is 10.6 Å². The van der Waals surface area contributed by atoms with Crippen molar-refractivity contribution in [1.29, 1.82) is 0 Å². The van der Waals surface area contributed by atoms with Crippen LogP contribution in [-0.2, 0) is 6.42 Å². The van der Waals surface area contributed by atoms with Gasteiger partial charge in [0, 0.05) is 29.1 Å². The molecule has 3 heterocycles. The number of nitrogens with one attached hydrogen (secondary N) is 2. The van der Waals surface area contributed by atoms with Crippen molar-refractivity contribution in [3.63, 3.8) is 0 Å². The molecule has 0 atom stereocenters. The minimum atomic E-state index is -0.253. The van der Waals surface area contributed by atoms with Crippen LogP contribution in [0.4, 0.5) is 10.5 Å². The zero-order valence-electron chi connectivity index (χ0n) is 13.5. The van der Waals surface area contributed by atoms with Crippen LogP contribution in [0.25, 0.3) is 15.7 Å². The summed E-state index contributed by atoms with van der Waals surface area (Å²) in [6.45, 7) is 0.499. The number of rotatable bonds is 5. The predicted octanol–water partition coefficient (Wildman–Crippen LogP) is 4.54. The molecule has 0 spiro atoms. The lowest BCUT2D eigenvalue weighted by atomic mass is 10.3. The number of anilines is 1. The van der Waals surface area contributed by atoms with Crippen molar-refractivity contribution >= 4 is 51.0 Å². The average Bonchev–Trinajstić information content (AvgIpc) is 3.34. The summed E-state index contributed by atoms with van der Waals surface area (Å²) < 4.78 is 1.85. The number of nitrogens with zero attached hydrogens (tertiary/aromatic N) is 3. The highest BCUT2D eigenvalue weighted by Gasteiger charge is 2.12. The summed E-state index contributed by atoms with van der Waals surface area (Å²) in [6, 6.07) is 10.7. The number of aromatic nitrogens is 3. The normalized spacial score (nSPS) is 11.0. The number of carbonyl (C=O) groups is 1. The maximum Gasteiger partial charge on any atom is 0.319 e. The van der Waals surface area contributed by atoms with Crippen LogP contribution in [-0.4, -0.2) is 27.2 Å². The molecule has 0 saturated carbocycles. The highest BCUT2D eigenvalue weighted by Crippen LogP contribution is 2.24. The lowest BCUT2D eigenvalue weighted by Crippen LogP contribution is -2.30. The lowest BCUT2D eigenvalue weighted by Gasteiger charge is -2.07. The lowest BCUT2D eigenvalue weighted by molar-refractivity contribution is 0.252. The van der Waals surface area contributed by atoms with E-state index in [0.29, 0.717) is 23.7 Å². The monoisotopic (exact) mass is 403 g/mol.